The number of allylic oxidation sites excluding steroid dienone is 2. The number of fused-ring (bicyclic) bond motifs is 3. The summed E-state index contributed by atoms with van der Waals surface area (Å²) >= 11 is 0. The zero-order valence-corrected chi connectivity index (χ0v) is 15.1. The molecular formula is C20H31NO. The van der Waals surface area contributed by atoms with Crippen LogP contribution in [0.5, 0.6) is 0 Å². The van der Waals surface area contributed by atoms with Crippen LogP contribution in [0.25, 0.3) is 0 Å². The minimum Gasteiger partial charge on any atom is -0.371 e. The molecule has 2 nitrogen and oxygen atoms in total. The Balaban J connectivity index is 1.68. The van der Waals surface area contributed by atoms with Gasteiger partial charge in [0, 0.05) is 30.3 Å². The number of hydrogen-bond donors (Lipinski definition) is 0. The van der Waals surface area contributed by atoms with Gasteiger partial charge in [0.15, 0.2) is 5.78 Å². The number of carbonyl (C=O) groups is 1. The van der Waals surface area contributed by atoms with E-state index in [1.807, 2.05) is 0 Å². The molecule has 3 saturated carbocycles. The summed E-state index contributed by atoms with van der Waals surface area (Å²) in [5.74, 6) is 1.61. The molecular weight excluding hydrogens is 270 g/mol. The molecule has 0 aromatic rings. The number of Topliss-reactive ketones (excluding diaryl/α,β-unsaturated/α-hetero) is 1. The lowest BCUT2D eigenvalue weighted by atomic mass is 9.65. The lowest BCUT2D eigenvalue weighted by Crippen LogP contribution is -2.34. The highest BCUT2D eigenvalue weighted by Crippen LogP contribution is 2.68. The second kappa shape index (κ2) is 3.99. The molecule has 0 radical (unpaired) electrons. The van der Waals surface area contributed by atoms with Crippen molar-refractivity contribution < 1.29 is 4.79 Å². The highest BCUT2D eigenvalue weighted by atomic mass is 16.1. The van der Waals surface area contributed by atoms with E-state index < -0.39 is 0 Å². The van der Waals surface area contributed by atoms with Crippen molar-refractivity contribution in [3.63, 3.8) is 0 Å². The number of ketones is 1. The van der Waals surface area contributed by atoms with Crippen LogP contribution in [-0.2, 0) is 4.79 Å². The second-order valence-corrected chi connectivity index (χ2v) is 10.4. The topological polar surface area (TPSA) is 20.3 Å². The number of hydrogen-bond acceptors (Lipinski definition) is 2. The third kappa shape index (κ3) is 1.88. The van der Waals surface area contributed by atoms with Crippen molar-refractivity contribution in [1.82, 2.24) is 4.90 Å². The van der Waals surface area contributed by atoms with Crippen molar-refractivity contribution in [2.45, 2.75) is 73.3 Å². The molecule has 1 saturated heterocycles. The van der Waals surface area contributed by atoms with Crippen molar-refractivity contribution in [3.8, 4) is 0 Å². The minimum absolute atomic E-state index is 0.364. The molecule has 2 bridgehead atoms. The SMILES string of the molecule is C/C(=C1/C(=O)C[C@@H]2[C@H]1C2(C)C)N1C[C@@]2(C)C[C@@H]1CC(C)(C)C2. The lowest BCUT2D eigenvalue weighted by molar-refractivity contribution is -0.115. The van der Waals surface area contributed by atoms with Crippen LogP contribution in [0, 0.1) is 28.1 Å². The Morgan fingerprint density at radius 3 is 2.45 bits per heavy atom. The van der Waals surface area contributed by atoms with Gasteiger partial charge in [0.25, 0.3) is 0 Å². The van der Waals surface area contributed by atoms with Gasteiger partial charge in [-0.3, -0.25) is 4.79 Å². The van der Waals surface area contributed by atoms with Crippen LogP contribution in [0.3, 0.4) is 0 Å². The van der Waals surface area contributed by atoms with Crippen LogP contribution in [-0.4, -0.2) is 23.3 Å². The summed E-state index contributed by atoms with van der Waals surface area (Å²) in [7, 11) is 0. The molecule has 4 aliphatic rings. The Labute approximate surface area is 135 Å². The molecule has 122 valence electrons. The predicted octanol–water partition coefficient (Wildman–Crippen LogP) is 4.41. The molecule has 0 unspecified atom stereocenters. The monoisotopic (exact) mass is 301 g/mol. The van der Waals surface area contributed by atoms with Crippen LogP contribution in [0.4, 0.5) is 0 Å². The largest absolute Gasteiger partial charge is 0.371 e. The van der Waals surface area contributed by atoms with E-state index in [2.05, 4.69) is 46.4 Å². The van der Waals surface area contributed by atoms with Gasteiger partial charge in [0.1, 0.15) is 0 Å². The number of rotatable bonds is 1. The molecule has 1 heterocycles. The Kier molecular flexibility index (Phi) is 2.68. The third-order valence-corrected chi connectivity index (χ3v) is 7.30. The van der Waals surface area contributed by atoms with Crippen LogP contribution >= 0.6 is 0 Å². The molecule has 22 heavy (non-hydrogen) atoms. The number of carbonyl (C=O) groups excluding carboxylic acids is 1. The van der Waals surface area contributed by atoms with Gasteiger partial charge in [0.05, 0.1) is 0 Å². The first-order chi connectivity index (χ1) is 10.0. The Hall–Kier alpha value is -0.790. The average molecular weight is 301 g/mol. The van der Waals surface area contributed by atoms with Gasteiger partial charge >= 0.3 is 0 Å². The fourth-order valence-corrected chi connectivity index (χ4v) is 6.62. The maximum Gasteiger partial charge on any atom is 0.161 e. The summed E-state index contributed by atoms with van der Waals surface area (Å²) < 4.78 is 0. The highest BCUT2D eigenvalue weighted by molar-refractivity contribution is 6.01. The molecule has 0 aromatic carbocycles. The number of likely N-dealkylation sites (tertiary alicyclic amines) is 1. The van der Waals surface area contributed by atoms with Gasteiger partial charge in [-0.05, 0) is 54.3 Å². The van der Waals surface area contributed by atoms with Gasteiger partial charge < -0.3 is 4.90 Å². The zero-order valence-electron chi connectivity index (χ0n) is 15.1. The molecule has 2 heteroatoms. The van der Waals surface area contributed by atoms with E-state index in [-0.39, 0.29) is 0 Å². The van der Waals surface area contributed by atoms with E-state index in [1.54, 1.807) is 0 Å². The maximum atomic E-state index is 12.5. The molecule has 4 atom stereocenters. The van der Waals surface area contributed by atoms with Crippen molar-refractivity contribution in [1.29, 1.82) is 0 Å². The van der Waals surface area contributed by atoms with Crippen LogP contribution in [0.1, 0.15) is 67.2 Å². The molecule has 4 fully saturated rings. The Morgan fingerprint density at radius 2 is 1.82 bits per heavy atom. The molecule has 0 aromatic heterocycles. The molecule has 1 aliphatic heterocycles. The van der Waals surface area contributed by atoms with Gasteiger partial charge in [-0.2, -0.15) is 0 Å². The summed E-state index contributed by atoms with van der Waals surface area (Å²) in [6.07, 6.45) is 4.71. The van der Waals surface area contributed by atoms with Gasteiger partial charge in [0.2, 0.25) is 0 Å². The van der Waals surface area contributed by atoms with E-state index in [0.717, 1.165) is 13.0 Å². The Bertz CT molecular complexity index is 585. The predicted molar refractivity (Wildman–Crippen MR) is 89.3 cm³/mol. The number of nitrogens with zero attached hydrogens (tertiary/aromatic N) is 1. The summed E-state index contributed by atoms with van der Waals surface area (Å²) in [6, 6.07) is 0.648. The summed E-state index contributed by atoms with van der Waals surface area (Å²) in [5, 5.41) is 0. The first-order valence-electron chi connectivity index (χ1n) is 9.05. The van der Waals surface area contributed by atoms with E-state index in [4.69, 9.17) is 0 Å². The van der Waals surface area contributed by atoms with Crippen LogP contribution < -0.4 is 0 Å². The standard InChI is InChI=1S/C20H31NO/c1-12(16-15(22)7-14-17(16)19(14,4)5)21-11-20(6)9-13(21)8-18(2,3)10-20/h13-14,17H,7-11H2,1-6H3/b16-12+/t13-,14+,17+,20-/m0/s1. The van der Waals surface area contributed by atoms with Crippen molar-refractivity contribution in [2.75, 3.05) is 6.54 Å². The van der Waals surface area contributed by atoms with E-state index in [9.17, 15) is 4.79 Å². The second-order valence-electron chi connectivity index (χ2n) is 10.4. The fourth-order valence-electron chi connectivity index (χ4n) is 6.62. The molecule has 4 rings (SSSR count). The van der Waals surface area contributed by atoms with Gasteiger partial charge in [-0.15, -0.1) is 0 Å². The normalized spacial score (nSPS) is 46.7. The highest BCUT2D eigenvalue weighted by Gasteiger charge is 2.66. The molecule has 0 amide bonds. The first kappa shape index (κ1) is 14.8. The van der Waals surface area contributed by atoms with Crippen molar-refractivity contribution in [3.05, 3.63) is 11.3 Å². The smallest absolute Gasteiger partial charge is 0.161 e. The van der Waals surface area contributed by atoms with E-state index in [0.29, 0.717) is 39.9 Å². The van der Waals surface area contributed by atoms with Crippen molar-refractivity contribution in [2.24, 2.45) is 28.1 Å². The minimum atomic E-state index is 0.364. The summed E-state index contributed by atoms with van der Waals surface area (Å²) in [6.45, 7) is 15.4. The van der Waals surface area contributed by atoms with E-state index in [1.165, 1.54) is 30.5 Å². The molecule has 0 N–H and O–H groups in total. The van der Waals surface area contributed by atoms with Crippen molar-refractivity contribution >= 4 is 5.78 Å². The quantitative estimate of drug-likeness (QED) is 0.669. The summed E-state index contributed by atoms with van der Waals surface area (Å²) in [5.41, 5.74) is 3.77. The third-order valence-electron chi connectivity index (χ3n) is 7.30. The molecule has 3 aliphatic carbocycles. The summed E-state index contributed by atoms with van der Waals surface area (Å²) in [4.78, 5) is 15.1. The molecule has 0 spiro atoms. The van der Waals surface area contributed by atoms with Crippen LogP contribution in [0.15, 0.2) is 11.3 Å². The Morgan fingerprint density at radius 1 is 1.14 bits per heavy atom. The van der Waals surface area contributed by atoms with Gasteiger partial charge in [-0.25, -0.2) is 0 Å². The van der Waals surface area contributed by atoms with Gasteiger partial charge in [-0.1, -0.05) is 34.6 Å². The first-order valence-corrected chi connectivity index (χ1v) is 9.05. The lowest BCUT2D eigenvalue weighted by Gasteiger charge is -2.39. The average Bonchev–Trinajstić information content (AvgIpc) is 2.70. The van der Waals surface area contributed by atoms with Crippen LogP contribution in [0.2, 0.25) is 0 Å². The maximum absolute atomic E-state index is 12.5. The fraction of sp³-hybridized carbons (Fsp3) is 0.850. The van der Waals surface area contributed by atoms with E-state index >= 15 is 0 Å². The zero-order chi connectivity index (χ0) is 16.1.